The zero-order valence-corrected chi connectivity index (χ0v) is 9.43. The molecule has 1 unspecified atom stereocenters. The predicted molar refractivity (Wildman–Crippen MR) is 57.4 cm³/mol. The Morgan fingerprint density at radius 1 is 1.57 bits per heavy atom. The van der Waals surface area contributed by atoms with Crippen molar-refractivity contribution in [2.75, 3.05) is 7.11 Å². The van der Waals surface area contributed by atoms with Gasteiger partial charge in [-0.15, -0.1) is 11.3 Å². The van der Waals surface area contributed by atoms with Gasteiger partial charge >= 0.3 is 6.09 Å². The molecule has 1 heterocycles. The van der Waals surface area contributed by atoms with Crippen LogP contribution < -0.4 is 5.32 Å². The average molecular weight is 213 g/mol. The van der Waals surface area contributed by atoms with E-state index in [0.717, 1.165) is 4.88 Å². The van der Waals surface area contributed by atoms with E-state index in [9.17, 15) is 4.79 Å². The fourth-order valence-corrected chi connectivity index (χ4v) is 2.17. The molecule has 1 N–H and O–H groups in total. The molecule has 4 heteroatoms. The summed E-state index contributed by atoms with van der Waals surface area (Å²) in [5.74, 6) is 0.354. The monoisotopic (exact) mass is 213 g/mol. The molecular formula is C10H15NO2S. The molecule has 0 saturated heterocycles. The Balaban J connectivity index is 2.70. The number of hydrogen-bond acceptors (Lipinski definition) is 3. The predicted octanol–water partition coefficient (Wildman–Crippen LogP) is 2.80. The van der Waals surface area contributed by atoms with Crippen LogP contribution in [-0.2, 0) is 4.74 Å². The molecule has 0 aromatic carbocycles. The topological polar surface area (TPSA) is 38.3 Å². The van der Waals surface area contributed by atoms with E-state index in [-0.39, 0.29) is 12.1 Å². The highest BCUT2D eigenvalue weighted by molar-refractivity contribution is 7.10. The van der Waals surface area contributed by atoms with Crippen molar-refractivity contribution in [1.82, 2.24) is 5.32 Å². The van der Waals surface area contributed by atoms with Crippen LogP contribution >= 0.6 is 11.3 Å². The van der Waals surface area contributed by atoms with E-state index in [1.54, 1.807) is 11.3 Å². The first-order chi connectivity index (χ1) is 6.65. The molecule has 0 radical (unpaired) electrons. The van der Waals surface area contributed by atoms with Gasteiger partial charge in [-0.05, 0) is 17.4 Å². The van der Waals surface area contributed by atoms with Crippen molar-refractivity contribution in [3.05, 3.63) is 22.4 Å². The third-order valence-electron chi connectivity index (χ3n) is 1.98. The van der Waals surface area contributed by atoms with Crippen LogP contribution in [0.15, 0.2) is 17.5 Å². The number of alkyl carbamates (subject to hydrolysis) is 1. The quantitative estimate of drug-likeness (QED) is 0.838. The van der Waals surface area contributed by atoms with Crippen molar-refractivity contribution < 1.29 is 9.53 Å². The minimum absolute atomic E-state index is 0.0439. The third kappa shape index (κ3) is 2.73. The maximum atomic E-state index is 11.1. The van der Waals surface area contributed by atoms with Crippen LogP contribution in [0.2, 0.25) is 0 Å². The first kappa shape index (κ1) is 11.0. The molecule has 1 rings (SSSR count). The van der Waals surface area contributed by atoms with Gasteiger partial charge < -0.3 is 10.1 Å². The number of rotatable bonds is 3. The highest BCUT2D eigenvalue weighted by Crippen LogP contribution is 2.25. The largest absolute Gasteiger partial charge is 0.453 e. The number of nitrogens with one attached hydrogen (secondary N) is 1. The first-order valence-electron chi connectivity index (χ1n) is 4.53. The third-order valence-corrected chi connectivity index (χ3v) is 2.93. The molecule has 3 nitrogen and oxygen atoms in total. The second kappa shape index (κ2) is 5.00. The van der Waals surface area contributed by atoms with Gasteiger partial charge in [0, 0.05) is 4.88 Å². The zero-order valence-electron chi connectivity index (χ0n) is 8.61. The molecule has 1 aromatic rings. The van der Waals surface area contributed by atoms with Crippen molar-refractivity contribution in [3.63, 3.8) is 0 Å². The summed E-state index contributed by atoms with van der Waals surface area (Å²) in [5, 5.41) is 4.82. The Morgan fingerprint density at radius 2 is 2.29 bits per heavy atom. The standard InChI is InChI=1S/C10H15NO2S/c1-7(2)9(11-10(12)13-3)8-5-4-6-14-8/h4-7,9H,1-3H3,(H,11,12). The highest BCUT2D eigenvalue weighted by Gasteiger charge is 2.18. The van der Waals surface area contributed by atoms with Gasteiger partial charge in [-0.1, -0.05) is 19.9 Å². The second-order valence-corrected chi connectivity index (χ2v) is 4.35. The molecule has 14 heavy (non-hydrogen) atoms. The molecule has 0 aliphatic rings. The Morgan fingerprint density at radius 3 is 2.71 bits per heavy atom. The van der Waals surface area contributed by atoms with Gasteiger partial charge in [0.2, 0.25) is 0 Å². The number of amides is 1. The summed E-state index contributed by atoms with van der Waals surface area (Å²) >= 11 is 1.64. The van der Waals surface area contributed by atoms with Crippen LogP contribution in [0.1, 0.15) is 24.8 Å². The van der Waals surface area contributed by atoms with E-state index in [2.05, 4.69) is 23.9 Å². The fraction of sp³-hybridized carbons (Fsp3) is 0.500. The smallest absolute Gasteiger partial charge is 0.407 e. The summed E-state index contributed by atoms with van der Waals surface area (Å²) in [6.45, 7) is 4.14. The first-order valence-corrected chi connectivity index (χ1v) is 5.41. The summed E-state index contributed by atoms with van der Waals surface area (Å²) in [4.78, 5) is 12.3. The lowest BCUT2D eigenvalue weighted by Crippen LogP contribution is -2.30. The Labute approximate surface area is 88.1 Å². The molecule has 0 spiro atoms. The molecule has 0 saturated carbocycles. The second-order valence-electron chi connectivity index (χ2n) is 3.37. The van der Waals surface area contributed by atoms with Gasteiger partial charge in [-0.25, -0.2) is 4.79 Å². The lowest BCUT2D eigenvalue weighted by atomic mass is 10.0. The molecule has 1 amide bonds. The van der Waals surface area contributed by atoms with Gasteiger partial charge in [-0.3, -0.25) is 0 Å². The highest BCUT2D eigenvalue weighted by atomic mass is 32.1. The van der Waals surface area contributed by atoms with Crippen molar-refractivity contribution in [2.45, 2.75) is 19.9 Å². The zero-order chi connectivity index (χ0) is 10.6. The van der Waals surface area contributed by atoms with Crippen LogP contribution in [0.25, 0.3) is 0 Å². The van der Waals surface area contributed by atoms with E-state index >= 15 is 0 Å². The van der Waals surface area contributed by atoms with Crippen molar-refractivity contribution in [1.29, 1.82) is 0 Å². The molecule has 1 atom stereocenters. The Bertz CT molecular complexity index is 282. The lowest BCUT2D eigenvalue weighted by molar-refractivity contribution is 0.163. The fourth-order valence-electron chi connectivity index (χ4n) is 1.22. The Hall–Kier alpha value is -1.03. The number of carbonyl (C=O) groups is 1. The minimum Gasteiger partial charge on any atom is -0.453 e. The number of methoxy groups -OCH3 is 1. The van der Waals surface area contributed by atoms with E-state index in [0.29, 0.717) is 5.92 Å². The maximum absolute atomic E-state index is 11.1. The van der Waals surface area contributed by atoms with Gasteiger partial charge in [0.1, 0.15) is 0 Å². The SMILES string of the molecule is COC(=O)NC(c1cccs1)C(C)C. The number of carbonyl (C=O) groups excluding carboxylic acids is 1. The average Bonchev–Trinajstić information content (AvgIpc) is 2.65. The van der Waals surface area contributed by atoms with Gasteiger partial charge in [-0.2, -0.15) is 0 Å². The van der Waals surface area contributed by atoms with Crippen molar-refractivity contribution in [2.24, 2.45) is 5.92 Å². The van der Waals surface area contributed by atoms with Gasteiger partial charge in [0.05, 0.1) is 13.2 Å². The van der Waals surface area contributed by atoms with Crippen molar-refractivity contribution in [3.8, 4) is 0 Å². The van der Waals surface area contributed by atoms with Gasteiger partial charge in [0.25, 0.3) is 0 Å². The van der Waals surface area contributed by atoms with Crippen LogP contribution in [0.3, 0.4) is 0 Å². The van der Waals surface area contributed by atoms with Crippen LogP contribution in [0.5, 0.6) is 0 Å². The maximum Gasteiger partial charge on any atom is 0.407 e. The molecule has 0 fully saturated rings. The number of thiophene rings is 1. The molecule has 1 aromatic heterocycles. The van der Waals surface area contributed by atoms with E-state index in [1.807, 2.05) is 17.5 Å². The van der Waals surface area contributed by atoms with Crippen molar-refractivity contribution >= 4 is 17.4 Å². The molecule has 0 aliphatic heterocycles. The number of hydrogen-bond donors (Lipinski definition) is 1. The molecule has 0 aliphatic carbocycles. The van der Waals surface area contributed by atoms with E-state index in [4.69, 9.17) is 0 Å². The van der Waals surface area contributed by atoms with Crippen LogP contribution in [0.4, 0.5) is 4.79 Å². The minimum atomic E-state index is -0.378. The van der Waals surface area contributed by atoms with E-state index < -0.39 is 0 Å². The van der Waals surface area contributed by atoms with Crippen LogP contribution in [0, 0.1) is 5.92 Å². The summed E-state index contributed by atoms with van der Waals surface area (Å²) < 4.78 is 4.58. The molecule has 78 valence electrons. The van der Waals surface area contributed by atoms with E-state index in [1.165, 1.54) is 7.11 Å². The normalized spacial score (nSPS) is 12.6. The molecular weight excluding hydrogens is 198 g/mol. The summed E-state index contributed by atoms with van der Waals surface area (Å²) in [7, 11) is 1.38. The summed E-state index contributed by atoms with van der Waals surface area (Å²) in [6.07, 6.45) is -0.378. The molecule has 0 bridgehead atoms. The Kier molecular flexibility index (Phi) is 3.95. The summed E-state index contributed by atoms with van der Waals surface area (Å²) in [6, 6.07) is 4.04. The number of ether oxygens (including phenoxy) is 1. The summed E-state index contributed by atoms with van der Waals surface area (Å²) in [5.41, 5.74) is 0. The lowest BCUT2D eigenvalue weighted by Gasteiger charge is -2.20. The van der Waals surface area contributed by atoms with Crippen LogP contribution in [-0.4, -0.2) is 13.2 Å². The van der Waals surface area contributed by atoms with Gasteiger partial charge in [0.15, 0.2) is 0 Å².